The van der Waals surface area contributed by atoms with Crippen molar-refractivity contribution in [3.05, 3.63) is 82.0 Å². The smallest absolute Gasteiger partial charge is 0.254 e. The van der Waals surface area contributed by atoms with Crippen molar-refractivity contribution in [2.75, 3.05) is 5.32 Å². The lowest BCUT2D eigenvalue weighted by Gasteiger charge is -2.14. The van der Waals surface area contributed by atoms with Gasteiger partial charge in [-0.2, -0.15) is 0 Å². The minimum atomic E-state index is -0.419. The van der Waals surface area contributed by atoms with Crippen LogP contribution in [0.1, 0.15) is 29.9 Å². The zero-order valence-electron chi connectivity index (χ0n) is 16.1. The van der Waals surface area contributed by atoms with E-state index in [-0.39, 0.29) is 17.9 Å². The van der Waals surface area contributed by atoms with Gasteiger partial charge >= 0.3 is 0 Å². The predicted octanol–water partition coefficient (Wildman–Crippen LogP) is 3.45. The summed E-state index contributed by atoms with van der Waals surface area (Å²) in [5.74, 6) is -0.588. The molecule has 0 radical (unpaired) electrons. The zero-order chi connectivity index (χ0) is 21.0. The number of carbonyl (C=O) groups is 2. The highest BCUT2D eigenvalue weighted by atomic mass is 19.1. The van der Waals surface area contributed by atoms with Gasteiger partial charge in [0.25, 0.3) is 5.56 Å². The molecule has 0 saturated carbocycles. The number of carbonyl (C=O) groups excluding carboxylic acids is 2. The number of nitrogens with one attached hydrogen (secondary N) is 1. The van der Waals surface area contributed by atoms with Crippen LogP contribution in [0.5, 0.6) is 0 Å². The van der Waals surface area contributed by atoms with Crippen LogP contribution in [0.25, 0.3) is 11.4 Å². The van der Waals surface area contributed by atoms with E-state index in [1.165, 1.54) is 41.8 Å². The molecule has 0 aliphatic heterocycles. The number of aromatic nitrogens is 2. The summed E-state index contributed by atoms with van der Waals surface area (Å²) in [5, 5.41) is 2.70. The fourth-order valence-electron chi connectivity index (χ4n) is 2.84. The molecule has 0 aliphatic carbocycles. The van der Waals surface area contributed by atoms with E-state index in [0.29, 0.717) is 34.8 Å². The Morgan fingerprint density at radius 1 is 1.07 bits per heavy atom. The van der Waals surface area contributed by atoms with E-state index in [1.54, 1.807) is 24.3 Å². The average Bonchev–Trinajstić information content (AvgIpc) is 2.70. The molecule has 0 aliphatic rings. The Morgan fingerprint density at radius 3 is 2.31 bits per heavy atom. The summed E-state index contributed by atoms with van der Waals surface area (Å²) in [5.41, 5.74) is 1.81. The highest BCUT2D eigenvalue weighted by Crippen LogP contribution is 2.17. The van der Waals surface area contributed by atoms with E-state index in [0.717, 1.165) is 0 Å². The number of aryl methyl sites for hydroxylation is 1. The van der Waals surface area contributed by atoms with Crippen LogP contribution < -0.4 is 10.9 Å². The maximum absolute atomic E-state index is 13.3. The largest absolute Gasteiger partial charge is 0.325 e. The Morgan fingerprint density at radius 2 is 1.72 bits per heavy atom. The Labute approximate surface area is 167 Å². The van der Waals surface area contributed by atoms with Gasteiger partial charge in [0, 0.05) is 28.6 Å². The number of rotatable bonds is 6. The maximum Gasteiger partial charge on any atom is 0.254 e. The highest BCUT2D eigenvalue weighted by molar-refractivity contribution is 5.95. The Kier molecular flexibility index (Phi) is 5.97. The van der Waals surface area contributed by atoms with Crippen LogP contribution in [0.4, 0.5) is 10.1 Å². The van der Waals surface area contributed by atoms with Gasteiger partial charge in [-0.1, -0.05) is 6.92 Å². The standard InChI is InChI=1S/C22H20FN3O3/c1-3-18-12-21(29)26(22(25-18)16-4-8-17(23)9-5-16)13-20(28)24-19-10-6-15(7-11-19)14(2)27/h4-12H,3,13H2,1-2H3,(H,24,28). The molecule has 148 valence electrons. The van der Waals surface area contributed by atoms with Crippen molar-refractivity contribution < 1.29 is 14.0 Å². The van der Waals surface area contributed by atoms with Crippen LogP contribution in [0.15, 0.2) is 59.4 Å². The van der Waals surface area contributed by atoms with E-state index in [9.17, 15) is 18.8 Å². The van der Waals surface area contributed by atoms with Gasteiger partial charge in [-0.15, -0.1) is 0 Å². The first-order valence-electron chi connectivity index (χ1n) is 9.15. The number of anilines is 1. The molecule has 0 spiro atoms. The third kappa shape index (κ3) is 4.82. The van der Waals surface area contributed by atoms with E-state index >= 15 is 0 Å². The van der Waals surface area contributed by atoms with Gasteiger partial charge in [-0.05, 0) is 61.9 Å². The summed E-state index contributed by atoms with van der Waals surface area (Å²) in [6, 6.07) is 13.5. The predicted molar refractivity (Wildman–Crippen MR) is 108 cm³/mol. The summed E-state index contributed by atoms with van der Waals surface area (Å²) < 4.78 is 14.5. The van der Waals surface area contributed by atoms with Crippen LogP contribution >= 0.6 is 0 Å². The number of nitrogens with zero attached hydrogens (tertiary/aromatic N) is 2. The minimum Gasteiger partial charge on any atom is -0.325 e. The number of hydrogen-bond acceptors (Lipinski definition) is 4. The van der Waals surface area contributed by atoms with Gasteiger partial charge in [0.1, 0.15) is 18.2 Å². The normalized spacial score (nSPS) is 10.6. The molecule has 6 nitrogen and oxygen atoms in total. The molecular formula is C22H20FN3O3. The molecule has 3 rings (SSSR count). The van der Waals surface area contributed by atoms with E-state index in [1.807, 2.05) is 6.92 Å². The van der Waals surface area contributed by atoms with Gasteiger partial charge in [0.05, 0.1) is 0 Å². The van der Waals surface area contributed by atoms with Gasteiger partial charge in [-0.25, -0.2) is 9.37 Å². The van der Waals surface area contributed by atoms with Crippen molar-refractivity contribution in [1.82, 2.24) is 9.55 Å². The topological polar surface area (TPSA) is 81.1 Å². The monoisotopic (exact) mass is 393 g/mol. The number of ketones is 1. The second-order valence-electron chi connectivity index (χ2n) is 6.54. The van der Waals surface area contributed by atoms with Crippen molar-refractivity contribution >= 4 is 17.4 Å². The van der Waals surface area contributed by atoms with Gasteiger partial charge in [-0.3, -0.25) is 19.0 Å². The van der Waals surface area contributed by atoms with E-state index in [2.05, 4.69) is 10.3 Å². The second-order valence-corrected chi connectivity index (χ2v) is 6.54. The quantitative estimate of drug-likeness (QED) is 0.651. The van der Waals surface area contributed by atoms with Crippen LogP contribution in [0, 0.1) is 5.82 Å². The highest BCUT2D eigenvalue weighted by Gasteiger charge is 2.14. The first kappa shape index (κ1) is 20.1. The van der Waals surface area contributed by atoms with Crippen molar-refractivity contribution in [2.24, 2.45) is 0 Å². The third-order valence-corrected chi connectivity index (χ3v) is 4.40. The summed E-state index contributed by atoms with van der Waals surface area (Å²) in [6.07, 6.45) is 0.555. The molecule has 1 heterocycles. The number of Topliss-reactive ketones (excluding diaryl/α,β-unsaturated/α-hetero) is 1. The van der Waals surface area contributed by atoms with Gasteiger partial charge in [0.2, 0.25) is 5.91 Å². The van der Waals surface area contributed by atoms with E-state index < -0.39 is 11.7 Å². The van der Waals surface area contributed by atoms with Crippen molar-refractivity contribution in [1.29, 1.82) is 0 Å². The van der Waals surface area contributed by atoms with Gasteiger partial charge in [0.15, 0.2) is 5.78 Å². The molecule has 0 fully saturated rings. The van der Waals surface area contributed by atoms with E-state index in [4.69, 9.17) is 0 Å². The molecule has 2 aromatic carbocycles. The summed E-state index contributed by atoms with van der Waals surface area (Å²) in [6.45, 7) is 3.08. The molecule has 0 saturated heterocycles. The minimum absolute atomic E-state index is 0.0690. The number of benzene rings is 2. The molecule has 1 aromatic heterocycles. The summed E-state index contributed by atoms with van der Waals surface area (Å²) >= 11 is 0. The van der Waals surface area contributed by atoms with Crippen molar-refractivity contribution in [2.45, 2.75) is 26.8 Å². The van der Waals surface area contributed by atoms with Crippen LogP contribution in [0.2, 0.25) is 0 Å². The fraction of sp³-hybridized carbons (Fsp3) is 0.182. The summed E-state index contributed by atoms with van der Waals surface area (Å²) in [4.78, 5) is 40.9. The van der Waals surface area contributed by atoms with Crippen LogP contribution in [-0.4, -0.2) is 21.2 Å². The molecule has 1 amide bonds. The molecule has 1 N–H and O–H groups in total. The Balaban J connectivity index is 1.89. The first-order chi connectivity index (χ1) is 13.9. The summed E-state index contributed by atoms with van der Waals surface area (Å²) in [7, 11) is 0. The molecule has 29 heavy (non-hydrogen) atoms. The number of hydrogen-bond donors (Lipinski definition) is 1. The number of halogens is 1. The van der Waals surface area contributed by atoms with Crippen molar-refractivity contribution in [3.8, 4) is 11.4 Å². The fourth-order valence-corrected chi connectivity index (χ4v) is 2.84. The number of amides is 1. The molecule has 0 atom stereocenters. The molecular weight excluding hydrogens is 373 g/mol. The average molecular weight is 393 g/mol. The molecule has 7 heteroatoms. The molecule has 0 bridgehead atoms. The lowest BCUT2D eigenvalue weighted by molar-refractivity contribution is -0.116. The lowest BCUT2D eigenvalue weighted by atomic mass is 10.1. The Bertz CT molecular complexity index is 1100. The second kappa shape index (κ2) is 8.60. The van der Waals surface area contributed by atoms with Crippen molar-refractivity contribution in [3.63, 3.8) is 0 Å². The van der Waals surface area contributed by atoms with Crippen LogP contribution in [-0.2, 0) is 17.8 Å². The lowest BCUT2D eigenvalue weighted by Crippen LogP contribution is -2.30. The maximum atomic E-state index is 13.3. The zero-order valence-corrected chi connectivity index (χ0v) is 16.1. The van der Waals surface area contributed by atoms with Crippen LogP contribution in [0.3, 0.4) is 0 Å². The molecule has 0 unspecified atom stereocenters. The Hall–Kier alpha value is -3.61. The molecule has 3 aromatic rings. The third-order valence-electron chi connectivity index (χ3n) is 4.40. The SMILES string of the molecule is CCc1cc(=O)n(CC(=O)Nc2ccc(C(C)=O)cc2)c(-c2ccc(F)cc2)n1. The first-order valence-corrected chi connectivity index (χ1v) is 9.15. The van der Waals surface area contributed by atoms with Gasteiger partial charge < -0.3 is 5.32 Å².